The lowest BCUT2D eigenvalue weighted by Crippen LogP contribution is -2.22. The average molecular weight is 233 g/mol. The van der Waals surface area contributed by atoms with E-state index in [-0.39, 0.29) is 6.04 Å². The van der Waals surface area contributed by atoms with E-state index in [2.05, 4.69) is 46.6 Å². The van der Waals surface area contributed by atoms with Crippen molar-refractivity contribution in [1.29, 1.82) is 0 Å². The summed E-state index contributed by atoms with van der Waals surface area (Å²) in [5, 5.41) is 5.60. The molecule has 1 unspecified atom stereocenters. The second-order valence-corrected chi connectivity index (χ2v) is 4.74. The van der Waals surface area contributed by atoms with Gasteiger partial charge in [-0.05, 0) is 25.3 Å². The summed E-state index contributed by atoms with van der Waals surface area (Å²) in [6.45, 7) is 4.27. The molecular formula is C12H15N3S. The standard InChI is InChI=1S/C12H15N3S/c1-9(11-8-13-5-6-14-11)15-10(2)12-4-3-7-16-12/h3-10,15H,1-2H3/t9?,10-/m0/s1. The molecule has 0 spiro atoms. The van der Waals surface area contributed by atoms with Gasteiger partial charge in [0.15, 0.2) is 0 Å². The van der Waals surface area contributed by atoms with Gasteiger partial charge in [0.25, 0.3) is 0 Å². The molecule has 84 valence electrons. The molecule has 2 heterocycles. The van der Waals surface area contributed by atoms with Crippen LogP contribution in [0.5, 0.6) is 0 Å². The zero-order valence-corrected chi connectivity index (χ0v) is 10.2. The van der Waals surface area contributed by atoms with Gasteiger partial charge in [-0.2, -0.15) is 0 Å². The van der Waals surface area contributed by atoms with Crippen LogP contribution in [0.1, 0.15) is 36.5 Å². The van der Waals surface area contributed by atoms with Gasteiger partial charge in [0.05, 0.1) is 5.69 Å². The number of nitrogens with one attached hydrogen (secondary N) is 1. The van der Waals surface area contributed by atoms with Gasteiger partial charge in [-0.15, -0.1) is 11.3 Å². The Balaban J connectivity index is 2.00. The first kappa shape index (κ1) is 11.2. The molecular weight excluding hydrogens is 218 g/mol. The van der Waals surface area contributed by atoms with Gasteiger partial charge in [0.2, 0.25) is 0 Å². The highest BCUT2D eigenvalue weighted by Gasteiger charge is 2.12. The highest BCUT2D eigenvalue weighted by Crippen LogP contribution is 2.21. The van der Waals surface area contributed by atoms with E-state index >= 15 is 0 Å². The maximum atomic E-state index is 4.29. The summed E-state index contributed by atoms with van der Waals surface area (Å²) in [4.78, 5) is 9.71. The molecule has 2 rings (SSSR count). The van der Waals surface area contributed by atoms with Gasteiger partial charge < -0.3 is 5.32 Å². The van der Waals surface area contributed by atoms with E-state index in [4.69, 9.17) is 0 Å². The first-order valence-electron chi connectivity index (χ1n) is 5.32. The Bertz CT molecular complexity index is 413. The van der Waals surface area contributed by atoms with Crippen molar-refractivity contribution in [2.24, 2.45) is 0 Å². The largest absolute Gasteiger partial charge is 0.301 e. The van der Waals surface area contributed by atoms with Crippen molar-refractivity contribution < 1.29 is 0 Å². The Labute approximate surface area is 99.6 Å². The zero-order valence-electron chi connectivity index (χ0n) is 9.42. The Kier molecular flexibility index (Phi) is 3.64. The molecule has 16 heavy (non-hydrogen) atoms. The van der Waals surface area contributed by atoms with Crippen LogP contribution < -0.4 is 5.32 Å². The van der Waals surface area contributed by atoms with Crippen molar-refractivity contribution in [2.45, 2.75) is 25.9 Å². The molecule has 0 aliphatic heterocycles. The SMILES string of the molecule is CC(N[C@@H](C)c1cccs1)c1cnccn1. The number of aromatic nitrogens is 2. The highest BCUT2D eigenvalue weighted by molar-refractivity contribution is 7.10. The number of thiophene rings is 1. The van der Waals surface area contributed by atoms with E-state index in [1.165, 1.54) is 4.88 Å². The Morgan fingerprint density at radius 2 is 2.12 bits per heavy atom. The van der Waals surface area contributed by atoms with Crippen LogP contribution in [0.3, 0.4) is 0 Å². The van der Waals surface area contributed by atoms with Crippen LogP contribution >= 0.6 is 11.3 Å². The van der Waals surface area contributed by atoms with E-state index in [1.807, 2.05) is 0 Å². The summed E-state index contributed by atoms with van der Waals surface area (Å²) in [6, 6.07) is 4.78. The van der Waals surface area contributed by atoms with Crippen LogP contribution in [0.2, 0.25) is 0 Å². The van der Waals surface area contributed by atoms with E-state index in [0.717, 1.165) is 5.69 Å². The Morgan fingerprint density at radius 1 is 1.25 bits per heavy atom. The van der Waals surface area contributed by atoms with Crippen LogP contribution in [-0.4, -0.2) is 9.97 Å². The molecule has 0 aromatic carbocycles. The number of rotatable bonds is 4. The summed E-state index contributed by atoms with van der Waals surface area (Å²) in [6.07, 6.45) is 5.22. The van der Waals surface area contributed by atoms with Crippen LogP contribution in [0, 0.1) is 0 Å². The van der Waals surface area contributed by atoms with Crippen molar-refractivity contribution in [1.82, 2.24) is 15.3 Å². The van der Waals surface area contributed by atoms with E-state index in [9.17, 15) is 0 Å². The molecule has 0 aliphatic rings. The fraction of sp³-hybridized carbons (Fsp3) is 0.333. The molecule has 3 nitrogen and oxygen atoms in total. The summed E-state index contributed by atoms with van der Waals surface area (Å²) < 4.78 is 0. The first-order chi connectivity index (χ1) is 7.77. The molecule has 0 bridgehead atoms. The second-order valence-electron chi connectivity index (χ2n) is 3.76. The monoisotopic (exact) mass is 233 g/mol. The van der Waals surface area contributed by atoms with Crippen molar-refractivity contribution in [3.8, 4) is 0 Å². The lowest BCUT2D eigenvalue weighted by atomic mass is 10.2. The Morgan fingerprint density at radius 3 is 2.75 bits per heavy atom. The molecule has 2 aromatic heterocycles. The normalized spacial score (nSPS) is 14.6. The quantitative estimate of drug-likeness (QED) is 0.882. The van der Waals surface area contributed by atoms with Crippen LogP contribution in [0.25, 0.3) is 0 Å². The smallest absolute Gasteiger partial charge is 0.0753 e. The van der Waals surface area contributed by atoms with E-state index in [1.54, 1.807) is 29.9 Å². The molecule has 2 atom stereocenters. The Hall–Kier alpha value is -1.26. The third-order valence-electron chi connectivity index (χ3n) is 2.50. The van der Waals surface area contributed by atoms with Gasteiger partial charge >= 0.3 is 0 Å². The van der Waals surface area contributed by atoms with Gasteiger partial charge in [-0.1, -0.05) is 6.07 Å². The third kappa shape index (κ3) is 2.65. The van der Waals surface area contributed by atoms with Crippen molar-refractivity contribution in [2.75, 3.05) is 0 Å². The van der Waals surface area contributed by atoms with E-state index in [0.29, 0.717) is 6.04 Å². The van der Waals surface area contributed by atoms with Crippen molar-refractivity contribution >= 4 is 11.3 Å². The first-order valence-corrected chi connectivity index (χ1v) is 6.20. The molecule has 2 aromatic rings. The van der Waals surface area contributed by atoms with Gasteiger partial charge in [-0.25, -0.2) is 0 Å². The fourth-order valence-corrected chi connectivity index (χ4v) is 2.36. The van der Waals surface area contributed by atoms with Gasteiger partial charge in [-0.3, -0.25) is 9.97 Å². The van der Waals surface area contributed by atoms with Gasteiger partial charge in [0.1, 0.15) is 0 Å². The van der Waals surface area contributed by atoms with Gasteiger partial charge in [0, 0.05) is 35.6 Å². The molecule has 4 heteroatoms. The zero-order chi connectivity index (χ0) is 11.4. The summed E-state index contributed by atoms with van der Waals surface area (Å²) >= 11 is 1.77. The minimum Gasteiger partial charge on any atom is -0.301 e. The lowest BCUT2D eigenvalue weighted by molar-refractivity contribution is 0.490. The van der Waals surface area contributed by atoms with Crippen molar-refractivity contribution in [3.63, 3.8) is 0 Å². The second kappa shape index (κ2) is 5.18. The third-order valence-corrected chi connectivity index (χ3v) is 3.55. The minimum atomic E-state index is 0.214. The van der Waals surface area contributed by atoms with Crippen LogP contribution in [0.4, 0.5) is 0 Å². The predicted octanol–water partition coefficient (Wildman–Crippen LogP) is 2.95. The molecule has 0 saturated heterocycles. The van der Waals surface area contributed by atoms with Crippen molar-refractivity contribution in [3.05, 3.63) is 46.7 Å². The van der Waals surface area contributed by atoms with Crippen LogP contribution in [-0.2, 0) is 0 Å². The molecule has 1 N–H and O–H groups in total. The number of nitrogens with zero attached hydrogens (tertiary/aromatic N) is 2. The summed E-state index contributed by atoms with van der Waals surface area (Å²) in [5.74, 6) is 0. The topological polar surface area (TPSA) is 37.8 Å². The van der Waals surface area contributed by atoms with E-state index < -0.39 is 0 Å². The molecule has 0 aliphatic carbocycles. The predicted molar refractivity (Wildman–Crippen MR) is 66.3 cm³/mol. The number of hydrogen-bond donors (Lipinski definition) is 1. The molecule has 0 fully saturated rings. The summed E-state index contributed by atoms with van der Waals surface area (Å²) in [7, 11) is 0. The molecule has 0 amide bonds. The minimum absolute atomic E-state index is 0.214. The van der Waals surface area contributed by atoms with Crippen LogP contribution in [0.15, 0.2) is 36.1 Å². The maximum absolute atomic E-state index is 4.29. The molecule has 0 saturated carbocycles. The number of hydrogen-bond acceptors (Lipinski definition) is 4. The lowest BCUT2D eigenvalue weighted by Gasteiger charge is -2.18. The maximum Gasteiger partial charge on any atom is 0.0753 e. The molecule has 0 radical (unpaired) electrons. The fourth-order valence-electron chi connectivity index (χ4n) is 1.61. The highest BCUT2D eigenvalue weighted by atomic mass is 32.1. The average Bonchev–Trinajstić information content (AvgIpc) is 2.83. The summed E-state index contributed by atoms with van der Waals surface area (Å²) in [5.41, 5.74) is 0.978.